The molecule has 0 aliphatic carbocycles. The standard InChI is InChI=1S/C10H20N2O3S.ClH/c11-6-9-3-4-12(7-9)16(13,14)10-2-1-5-15-8-10;/h9-10H,1-8,11H2;1H. The van der Waals surface area contributed by atoms with Crippen LogP contribution in [0.5, 0.6) is 0 Å². The molecule has 2 aliphatic heterocycles. The summed E-state index contributed by atoms with van der Waals surface area (Å²) in [6, 6.07) is 0. The van der Waals surface area contributed by atoms with Crippen LogP contribution in [-0.4, -0.2) is 50.8 Å². The lowest BCUT2D eigenvalue weighted by molar-refractivity contribution is 0.0977. The van der Waals surface area contributed by atoms with Gasteiger partial charge in [-0.1, -0.05) is 0 Å². The normalized spacial score (nSPS) is 31.1. The quantitative estimate of drug-likeness (QED) is 0.803. The van der Waals surface area contributed by atoms with E-state index >= 15 is 0 Å². The number of sulfonamides is 1. The summed E-state index contributed by atoms with van der Waals surface area (Å²) >= 11 is 0. The molecule has 17 heavy (non-hydrogen) atoms. The molecule has 2 aliphatic rings. The van der Waals surface area contributed by atoms with Crippen molar-refractivity contribution in [3.05, 3.63) is 0 Å². The van der Waals surface area contributed by atoms with Crippen LogP contribution in [0.25, 0.3) is 0 Å². The SMILES string of the molecule is Cl.NCC1CCN(S(=O)(=O)C2CCCOC2)C1. The van der Waals surface area contributed by atoms with Gasteiger partial charge in [-0.3, -0.25) is 0 Å². The number of rotatable bonds is 3. The van der Waals surface area contributed by atoms with Crippen molar-refractivity contribution in [3.8, 4) is 0 Å². The van der Waals surface area contributed by atoms with E-state index in [2.05, 4.69) is 0 Å². The van der Waals surface area contributed by atoms with E-state index < -0.39 is 10.0 Å². The number of hydrogen-bond acceptors (Lipinski definition) is 4. The molecule has 0 aromatic carbocycles. The molecule has 2 unspecified atom stereocenters. The molecule has 2 N–H and O–H groups in total. The van der Waals surface area contributed by atoms with Crippen LogP contribution in [0.15, 0.2) is 0 Å². The van der Waals surface area contributed by atoms with Crippen LogP contribution in [-0.2, 0) is 14.8 Å². The topological polar surface area (TPSA) is 72.6 Å². The Morgan fingerprint density at radius 3 is 2.65 bits per heavy atom. The fourth-order valence-corrected chi connectivity index (χ4v) is 4.31. The van der Waals surface area contributed by atoms with Gasteiger partial charge in [0.2, 0.25) is 10.0 Å². The third-order valence-electron chi connectivity index (χ3n) is 3.48. The first-order chi connectivity index (χ1) is 7.64. The van der Waals surface area contributed by atoms with Gasteiger partial charge in [0.05, 0.1) is 11.9 Å². The molecule has 0 aromatic heterocycles. The third-order valence-corrected chi connectivity index (χ3v) is 5.75. The van der Waals surface area contributed by atoms with Crippen molar-refractivity contribution in [2.75, 3.05) is 32.8 Å². The van der Waals surface area contributed by atoms with Gasteiger partial charge < -0.3 is 10.5 Å². The van der Waals surface area contributed by atoms with Gasteiger partial charge in [-0.25, -0.2) is 12.7 Å². The first kappa shape index (κ1) is 15.2. The number of halogens is 1. The lowest BCUT2D eigenvalue weighted by atomic mass is 10.1. The summed E-state index contributed by atoms with van der Waals surface area (Å²) in [6.07, 6.45) is 2.47. The predicted octanol–water partition coefficient (Wildman–Crippen LogP) is 0.198. The molecule has 2 saturated heterocycles. The molecule has 0 spiro atoms. The van der Waals surface area contributed by atoms with Gasteiger partial charge in [0.1, 0.15) is 0 Å². The molecular weight excluding hydrogens is 264 g/mol. The second-order valence-electron chi connectivity index (χ2n) is 4.63. The zero-order valence-corrected chi connectivity index (χ0v) is 11.5. The first-order valence-electron chi connectivity index (χ1n) is 5.91. The first-order valence-corrected chi connectivity index (χ1v) is 7.41. The highest BCUT2D eigenvalue weighted by Crippen LogP contribution is 2.24. The van der Waals surface area contributed by atoms with Gasteiger partial charge in [0, 0.05) is 19.7 Å². The van der Waals surface area contributed by atoms with E-state index in [1.807, 2.05) is 0 Å². The molecule has 0 aromatic rings. The molecule has 2 rings (SSSR count). The third kappa shape index (κ3) is 3.32. The molecule has 102 valence electrons. The Kier molecular flexibility index (Phi) is 5.66. The van der Waals surface area contributed by atoms with Crippen molar-refractivity contribution in [2.45, 2.75) is 24.5 Å². The summed E-state index contributed by atoms with van der Waals surface area (Å²) < 4.78 is 31.4. The second kappa shape index (κ2) is 6.33. The van der Waals surface area contributed by atoms with Crippen molar-refractivity contribution in [2.24, 2.45) is 11.7 Å². The van der Waals surface area contributed by atoms with E-state index in [0.29, 0.717) is 38.8 Å². The van der Waals surface area contributed by atoms with E-state index in [9.17, 15) is 8.42 Å². The van der Waals surface area contributed by atoms with Gasteiger partial charge in [-0.2, -0.15) is 0 Å². The van der Waals surface area contributed by atoms with E-state index in [0.717, 1.165) is 19.3 Å². The number of hydrogen-bond donors (Lipinski definition) is 1. The molecule has 0 bridgehead atoms. The zero-order valence-electron chi connectivity index (χ0n) is 9.88. The monoisotopic (exact) mass is 284 g/mol. The highest BCUT2D eigenvalue weighted by molar-refractivity contribution is 7.89. The maximum Gasteiger partial charge on any atom is 0.219 e. The van der Waals surface area contributed by atoms with Crippen LogP contribution in [0.4, 0.5) is 0 Å². The molecule has 0 radical (unpaired) electrons. The fourth-order valence-electron chi connectivity index (χ4n) is 2.38. The Hall–Kier alpha value is 0.120. The maximum absolute atomic E-state index is 12.3. The summed E-state index contributed by atoms with van der Waals surface area (Å²) in [4.78, 5) is 0. The summed E-state index contributed by atoms with van der Waals surface area (Å²) in [6.45, 7) is 2.84. The summed E-state index contributed by atoms with van der Waals surface area (Å²) in [5.41, 5.74) is 5.57. The summed E-state index contributed by atoms with van der Waals surface area (Å²) in [5.74, 6) is 0.333. The molecule has 2 heterocycles. The summed E-state index contributed by atoms with van der Waals surface area (Å²) in [5, 5.41) is -0.335. The van der Waals surface area contributed by atoms with Crippen LogP contribution in [0.1, 0.15) is 19.3 Å². The molecular formula is C10H21ClN2O3S. The van der Waals surface area contributed by atoms with Gasteiger partial charge in [0.15, 0.2) is 0 Å². The van der Waals surface area contributed by atoms with Gasteiger partial charge in [-0.05, 0) is 31.7 Å². The van der Waals surface area contributed by atoms with E-state index in [4.69, 9.17) is 10.5 Å². The van der Waals surface area contributed by atoms with Crippen LogP contribution in [0.3, 0.4) is 0 Å². The highest BCUT2D eigenvalue weighted by Gasteiger charge is 2.37. The lowest BCUT2D eigenvalue weighted by Gasteiger charge is -2.27. The van der Waals surface area contributed by atoms with Crippen molar-refractivity contribution in [1.82, 2.24) is 4.31 Å². The summed E-state index contributed by atoms with van der Waals surface area (Å²) in [7, 11) is -3.15. The number of nitrogens with two attached hydrogens (primary N) is 1. The van der Waals surface area contributed by atoms with Crippen molar-refractivity contribution in [3.63, 3.8) is 0 Å². The Bertz CT molecular complexity index is 330. The average Bonchev–Trinajstić information content (AvgIpc) is 2.79. The van der Waals surface area contributed by atoms with Crippen LogP contribution < -0.4 is 5.73 Å². The predicted molar refractivity (Wildman–Crippen MR) is 68.7 cm³/mol. The van der Waals surface area contributed by atoms with Crippen molar-refractivity contribution >= 4 is 22.4 Å². The minimum absolute atomic E-state index is 0. The molecule has 2 atom stereocenters. The minimum Gasteiger partial charge on any atom is -0.380 e. The number of ether oxygens (including phenoxy) is 1. The van der Waals surface area contributed by atoms with Gasteiger partial charge in [-0.15, -0.1) is 12.4 Å². The molecule has 2 fully saturated rings. The number of nitrogens with zero attached hydrogens (tertiary/aromatic N) is 1. The average molecular weight is 285 g/mol. The molecule has 7 heteroatoms. The highest BCUT2D eigenvalue weighted by atomic mass is 35.5. The van der Waals surface area contributed by atoms with E-state index in [-0.39, 0.29) is 17.7 Å². The Morgan fingerprint density at radius 1 is 1.35 bits per heavy atom. The molecule has 0 saturated carbocycles. The van der Waals surface area contributed by atoms with Gasteiger partial charge in [0.25, 0.3) is 0 Å². The fraction of sp³-hybridized carbons (Fsp3) is 1.00. The minimum atomic E-state index is -3.15. The van der Waals surface area contributed by atoms with Crippen LogP contribution >= 0.6 is 12.4 Å². The Morgan fingerprint density at radius 2 is 2.12 bits per heavy atom. The Labute approximate surface area is 109 Å². The van der Waals surface area contributed by atoms with Crippen molar-refractivity contribution in [1.29, 1.82) is 0 Å². The lowest BCUT2D eigenvalue weighted by Crippen LogP contribution is -2.41. The Balaban J connectivity index is 0.00000144. The van der Waals surface area contributed by atoms with Crippen LogP contribution in [0.2, 0.25) is 0 Å². The smallest absolute Gasteiger partial charge is 0.219 e. The van der Waals surface area contributed by atoms with Gasteiger partial charge >= 0.3 is 0 Å². The zero-order chi connectivity index (χ0) is 11.6. The molecule has 5 nitrogen and oxygen atoms in total. The van der Waals surface area contributed by atoms with E-state index in [1.54, 1.807) is 4.31 Å². The van der Waals surface area contributed by atoms with E-state index in [1.165, 1.54) is 0 Å². The van der Waals surface area contributed by atoms with Crippen LogP contribution in [0, 0.1) is 5.92 Å². The molecule has 0 amide bonds. The van der Waals surface area contributed by atoms with Crippen molar-refractivity contribution < 1.29 is 13.2 Å². The second-order valence-corrected chi connectivity index (χ2v) is 6.85. The largest absolute Gasteiger partial charge is 0.380 e. The maximum atomic E-state index is 12.3.